The number of aliphatic hydroxyl groups is 1. The molecule has 0 heterocycles. The number of ether oxygens (including phenoxy) is 2. The maximum atomic E-state index is 12.8. The summed E-state index contributed by atoms with van der Waals surface area (Å²) in [5.41, 5.74) is -0.813. The first kappa shape index (κ1) is 14.1. The first-order valence-electron chi connectivity index (χ1n) is 6.06. The molecule has 6 heteroatoms. The van der Waals surface area contributed by atoms with Gasteiger partial charge in [-0.3, -0.25) is 0 Å². The van der Waals surface area contributed by atoms with Crippen molar-refractivity contribution in [3.05, 3.63) is 29.8 Å². The van der Waals surface area contributed by atoms with Crippen LogP contribution in [0.3, 0.4) is 0 Å². The third-order valence-corrected chi connectivity index (χ3v) is 3.05. The third-order valence-electron chi connectivity index (χ3n) is 3.05. The highest BCUT2D eigenvalue weighted by atomic mass is 19.4. The van der Waals surface area contributed by atoms with E-state index in [0.29, 0.717) is 6.61 Å². The summed E-state index contributed by atoms with van der Waals surface area (Å²) < 4.78 is 48.9. The lowest BCUT2D eigenvalue weighted by Crippen LogP contribution is -2.55. The predicted molar refractivity (Wildman–Crippen MR) is 61.9 cm³/mol. The lowest BCUT2D eigenvalue weighted by Gasteiger charge is -2.40. The Morgan fingerprint density at radius 3 is 2.58 bits per heavy atom. The molecule has 1 N–H and O–H groups in total. The summed E-state index contributed by atoms with van der Waals surface area (Å²) in [5, 5.41) is 9.49. The molecule has 0 spiro atoms. The van der Waals surface area contributed by atoms with Crippen molar-refractivity contribution in [2.24, 2.45) is 0 Å². The zero-order valence-electron chi connectivity index (χ0n) is 10.4. The lowest BCUT2D eigenvalue weighted by atomic mass is 9.88. The largest absolute Gasteiger partial charge is 0.487 e. The van der Waals surface area contributed by atoms with Gasteiger partial charge in [-0.05, 0) is 19.1 Å². The Bertz CT molecular complexity index is 433. The Labute approximate surface area is 108 Å². The molecule has 1 aromatic rings. The second-order valence-electron chi connectivity index (χ2n) is 4.37. The lowest BCUT2D eigenvalue weighted by molar-refractivity contribution is -0.165. The van der Waals surface area contributed by atoms with Crippen LogP contribution < -0.4 is 4.74 Å². The highest BCUT2D eigenvalue weighted by Gasteiger charge is 2.44. The summed E-state index contributed by atoms with van der Waals surface area (Å²) in [4.78, 5) is 0. The van der Waals surface area contributed by atoms with E-state index < -0.39 is 30.1 Å². The molecule has 1 aliphatic rings. The van der Waals surface area contributed by atoms with E-state index in [4.69, 9.17) is 9.47 Å². The van der Waals surface area contributed by atoms with Gasteiger partial charge in [-0.2, -0.15) is 13.2 Å². The van der Waals surface area contributed by atoms with Crippen LogP contribution in [0.25, 0.3) is 0 Å². The van der Waals surface area contributed by atoms with Gasteiger partial charge >= 0.3 is 6.18 Å². The highest BCUT2D eigenvalue weighted by molar-refractivity contribution is 5.36. The molecule has 0 saturated heterocycles. The average molecular weight is 276 g/mol. The van der Waals surface area contributed by atoms with Crippen molar-refractivity contribution in [1.82, 2.24) is 0 Å². The molecule has 3 nitrogen and oxygen atoms in total. The molecular formula is C13H15F3O3. The molecule has 0 amide bonds. The standard InChI is InChI=1S/C13H15F3O3/c1-2-18-12-9(17)7-11(12)19-10-6-4-3-5-8(10)13(14,15)16/h3-6,9,11-12,17H,2,7H2,1H3. The van der Waals surface area contributed by atoms with Gasteiger partial charge in [0, 0.05) is 13.0 Å². The number of halogens is 3. The molecular weight excluding hydrogens is 261 g/mol. The van der Waals surface area contributed by atoms with E-state index in [1.807, 2.05) is 0 Å². The first-order valence-corrected chi connectivity index (χ1v) is 6.06. The van der Waals surface area contributed by atoms with Gasteiger partial charge < -0.3 is 14.6 Å². The van der Waals surface area contributed by atoms with Crippen molar-refractivity contribution < 1.29 is 27.8 Å². The Balaban J connectivity index is 2.12. The van der Waals surface area contributed by atoms with Crippen LogP contribution in [-0.2, 0) is 10.9 Å². The van der Waals surface area contributed by atoms with Crippen LogP contribution in [0.1, 0.15) is 18.9 Å². The van der Waals surface area contributed by atoms with E-state index in [-0.39, 0.29) is 12.2 Å². The monoisotopic (exact) mass is 276 g/mol. The normalized spacial score (nSPS) is 26.9. The molecule has 2 rings (SSSR count). The minimum Gasteiger partial charge on any atom is -0.487 e. The van der Waals surface area contributed by atoms with Gasteiger partial charge in [-0.25, -0.2) is 0 Å². The van der Waals surface area contributed by atoms with Crippen molar-refractivity contribution in [2.75, 3.05) is 6.61 Å². The Hall–Kier alpha value is -1.27. The van der Waals surface area contributed by atoms with Crippen molar-refractivity contribution >= 4 is 0 Å². The minimum absolute atomic E-state index is 0.225. The highest BCUT2D eigenvalue weighted by Crippen LogP contribution is 2.38. The van der Waals surface area contributed by atoms with E-state index >= 15 is 0 Å². The molecule has 0 radical (unpaired) electrons. The number of aliphatic hydroxyl groups excluding tert-OH is 1. The molecule has 106 valence electrons. The minimum atomic E-state index is -4.46. The molecule has 0 bridgehead atoms. The maximum Gasteiger partial charge on any atom is 0.419 e. The summed E-state index contributed by atoms with van der Waals surface area (Å²) in [6.07, 6.45) is -5.97. The smallest absolute Gasteiger partial charge is 0.419 e. The van der Waals surface area contributed by atoms with Crippen LogP contribution in [0.4, 0.5) is 13.2 Å². The fourth-order valence-corrected chi connectivity index (χ4v) is 2.05. The topological polar surface area (TPSA) is 38.7 Å². The zero-order chi connectivity index (χ0) is 14.0. The van der Waals surface area contributed by atoms with Crippen LogP contribution in [0, 0.1) is 0 Å². The van der Waals surface area contributed by atoms with Crippen molar-refractivity contribution in [2.45, 2.75) is 37.8 Å². The van der Waals surface area contributed by atoms with Crippen molar-refractivity contribution in [3.63, 3.8) is 0 Å². The summed E-state index contributed by atoms with van der Waals surface area (Å²) in [7, 11) is 0. The summed E-state index contributed by atoms with van der Waals surface area (Å²) >= 11 is 0. The van der Waals surface area contributed by atoms with Gasteiger partial charge in [0.15, 0.2) is 0 Å². The van der Waals surface area contributed by atoms with Crippen LogP contribution in [0.2, 0.25) is 0 Å². The van der Waals surface area contributed by atoms with Crippen LogP contribution in [0.5, 0.6) is 5.75 Å². The fraction of sp³-hybridized carbons (Fsp3) is 0.538. The number of para-hydroxylation sites is 1. The Morgan fingerprint density at radius 1 is 1.32 bits per heavy atom. The quantitative estimate of drug-likeness (QED) is 0.918. The number of benzene rings is 1. The Kier molecular flexibility index (Phi) is 4.01. The van der Waals surface area contributed by atoms with Crippen molar-refractivity contribution in [1.29, 1.82) is 0 Å². The number of rotatable bonds is 4. The van der Waals surface area contributed by atoms with Gasteiger partial charge in [0.1, 0.15) is 18.0 Å². The SMILES string of the molecule is CCOC1C(O)CC1Oc1ccccc1C(F)(F)F. The molecule has 19 heavy (non-hydrogen) atoms. The summed E-state index contributed by atoms with van der Waals surface area (Å²) in [5.74, 6) is -0.225. The molecule has 0 aliphatic heterocycles. The van der Waals surface area contributed by atoms with Crippen LogP contribution in [-0.4, -0.2) is 30.0 Å². The maximum absolute atomic E-state index is 12.8. The molecule has 1 aliphatic carbocycles. The van der Waals surface area contributed by atoms with Gasteiger partial charge in [0.05, 0.1) is 11.7 Å². The van der Waals surface area contributed by atoms with Gasteiger partial charge in [0.2, 0.25) is 0 Å². The summed E-state index contributed by atoms with van der Waals surface area (Å²) in [6.45, 7) is 2.13. The molecule has 1 aromatic carbocycles. The van der Waals surface area contributed by atoms with Crippen molar-refractivity contribution in [3.8, 4) is 5.75 Å². The van der Waals surface area contributed by atoms with E-state index in [1.54, 1.807) is 6.92 Å². The van der Waals surface area contributed by atoms with E-state index in [0.717, 1.165) is 6.07 Å². The van der Waals surface area contributed by atoms with Gasteiger partial charge in [0.25, 0.3) is 0 Å². The van der Waals surface area contributed by atoms with Crippen LogP contribution in [0.15, 0.2) is 24.3 Å². The fourth-order valence-electron chi connectivity index (χ4n) is 2.05. The van der Waals surface area contributed by atoms with E-state index in [2.05, 4.69) is 0 Å². The second-order valence-corrected chi connectivity index (χ2v) is 4.37. The molecule has 1 fully saturated rings. The molecule has 0 aromatic heterocycles. The first-order chi connectivity index (χ1) is 8.93. The van der Waals surface area contributed by atoms with Gasteiger partial charge in [-0.15, -0.1) is 0 Å². The molecule has 3 atom stereocenters. The number of alkyl halides is 3. The number of hydrogen-bond acceptors (Lipinski definition) is 3. The zero-order valence-corrected chi connectivity index (χ0v) is 10.4. The number of hydrogen-bond donors (Lipinski definition) is 1. The third kappa shape index (κ3) is 3.01. The second kappa shape index (κ2) is 5.38. The summed E-state index contributed by atoms with van der Waals surface area (Å²) in [6, 6.07) is 5.04. The molecule has 1 saturated carbocycles. The Morgan fingerprint density at radius 2 is 2.00 bits per heavy atom. The predicted octanol–water partition coefficient (Wildman–Crippen LogP) is 2.62. The van der Waals surface area contributed by atoms with E-state index in [1.165, 1.54) is 18.2 Å². The average Bonchev–Trinajstić information content (AvgIpc) is 2.35. The van der Waals surface area contributed by atoms with Gasteiger partial charge in [-0.1, -0.05) is 12.1 Å². The van der Waals surface area contributed by atoms with Crippen LogP contribution >= 0.6 is 0 Å². The van der Waals surface area contributed by atoms with E-state index in [9.17, 15) is 18.3 Å². The molecule has 3 unspecified atom stereocenters.